The van der Waals surface area contributed by atoms with E-state index in [0.29, 0.717) is 0 Å². The third kappa shape index (κ3) is 4.36. The Bertz CT molecular complexity index is 1240. The second-order valence-corrected chi connectivity index (χ2v) is 9.87. The maximum Gasteiger partial charge on any atom is 0.390 e. The van der Waals surface area contributed by atoms with Crippen molar-refractivity contribution in [2.75, 3.05) is 26.2 Å². The highest BCUT2D eigenvalue weighted by Gasteiger charge is 2.38. The van der Waals surface area contributed by atoms with Gasteiger partial charge in [-0.1, -0.05) is 0 Å². The van der Waals surface area contributed by atoms with Crippen molar-refractivity contribution in [1.29, 1.82) is 0 Å². The number of aryl methyl sites for hydroxylation is 3. The van der Waals surface area contributed by atoms with Gasteiger partial charge in [0.2, 0.25) is 5.03 Å². The highest BCUT2D eigenvalue weighted by atomic mass is 32.2. The van der Waals surface area contributed by atoms with Gasteiger partial charge in [-0.2, -0.15) is 32.5 Å². The Hall–Kier alpha value is -2.51. The molecule has 0 aliphatic carbocycles. The van der Waals surface area contributed by atoms with Crippen LogP contribution in [0.3, 0.4) is 0 Å². The third-order valence-corrected chi connectivity index (χ3v) is 7.54. The van der Waals surface area contributed by atoms with Gasteiger partial charge in [-0.05, 0) is 30.2 Å². The minimum atomic E-state index is -4.30. The minimum Gasteiger partial charge on any atom is -0.293 e. The molecule has 2 aromatic heterocycles. The van der Waals surface area contributed by atoms with E-state index < -0.39 is 28.7 Å². The molecule has 13 heteroatoms. The Morgan fingerprint density at radius 1 is 1.12 bits per heavy atom. The van der Waals surface area contributed by atoms with Crippen LogP contribution in [0.5, 0.6) is 0 Å². The summed E-state index contributed by atoms with van der Waals surface area (Å²) in [4.78, 5) is 2.87. The predicted octanol–water partition coefficient (Wildman–Crippen LogP) is 2.01. The largest absolute Gasteiger partial charge is 0.390 e. The first-order valence-electron chi connectivity index (χ1n) is 10.1. The zero-order valence-corrected chi connectivity index (χ0v) is 18.7. The number of halogens is 3. The molecule has 174 valence electrons. The van der Waals surface area contributed by atoms with Crippen molar-refractivity contribution in [3.05, 3.63) is 35.7 Å². The van der Waals surface area contributed by atoms with Gasteiger partial charge >= 0.3 is 6.18 Å². The third-order valence-electron chi connectivity index (χ3n) is 5.81. The molecule has 9 nitrogen and oxygen atoms in total. The average molecular weight is 472 g/mol. The van der Waals surface area contributed by atoms with Gasteiger partial charge in [-0.25, -0.2) is 8.42 Å². The van der Waals surface area contributed by atoms with Crippen LogP contribution in [0.4, 0.5) is 13.2 Å². The second-order valence-electron chi connectivity index (χ2n) is 7.99. The normalized spacial score (nSPS) is 19.1. The summed E-state index contributed by atoms with van der Waals surface area (Å²) in [5.41, 5.74) is 2.54. The van der Waals surface area contributed by atoms with Gasteiger partial charge in [-0.3, -0.25) is 9.58 Å². The molecule has 0 radical (unpaired) electrons. The topological polar surface area (TPSA) is 89.2 Å². The van der Waals surface area contributed by atoms with Crippen molar-refractivity contribution in [3.8, 4) is 0 Å². The summed E-state index contributed by atoms with van der Waals surface area (Å²) in [7, 11) is -0.597. The highest BCUT2D eigenvalue weighted by molar-refractivity contribution is 7.89. The maximum atomic E-state index is 13.1. The van der Waals surface area contributed by atoms with E-state index in [2.05, 4.69) is 15.3 Å². The molecule has 1 aliphatic heterocycles. The fourth-order valence-electron chi connectivity index (χ4n) is 4.11. The molecule has 0 spiro atoms. The van der Waals surface area contributed by atoms with Crippen molar-refractivity contribution in [1.82, 2.24) is 34.0 Å². The zero-order chi connectivity index (χ0) is 23.3. The fourth-order valence-corrected chi connectivity index (χ4v) is 5.43. The monoisotopic (exact) mass is 471 g/mol. The number of hydrogen-bond acceptors (Lipinski definition) is 6. The molecule has 1 fully saturated rings. The lowest BCUT2D eigenvalue weighted by Gasteiger charge is -2.41. The number of hydrogen-bond donors (Lipinski definition) is 0. The van der Waals surface area contributed by atoms with E-state index in [1.807, 2.05) is 26.1 Å². The first-order valence-corrected chi connectivity index (χ1v) is 11.5. The Morgan fingerprint density at radius 3 is 2.53 bits per heavy atom. The smallest absolute Gasteiger partial charge is 0.293 e. The van der Waals surface area contributed by atoms with E-state index in [1.54, 1.807) is 15.8 Å². The number of benzene rings is 1. The number of nitrogens with zero attached hydrogens (tertiary/aromatic N) is 7. The van der Waals surface area contributed by atoms with Gasteiger partial charge in [0.05, 0.1) is 24.3 Å². The van der Waals surface area contributed by atoms with E-state index in [0.717, 1.165) is 26.8 Å². The van der Waals surface area contributed by atoms with Crippen LogP contribution < -0.4 is 0 Å². The standard InChI is InChI=1S/C19H24F3N7O2S/c1-13-8-16-14(10-23-26(16)2)9-15(13)17-12-29(7-6-28(17)5-4-19(20,21)22)32(30,31)18-11-24-27(3)25-18/h8-11,17H,4-7,12H2,1-3H3. The van der Waals surface area contributed by atoms with Crippen molar-refractivity contribution in [3.63, 3.8) is 0 Å². The van der Waals surface area contributed by atoms with Gasteiger partial charge < -0.3 is 0 Å². The van der Waals surface area contributed by atoms with Crippen LogP contribution in [0.2, 0.25) is 0 Å². The Morgan fingerprint density at radius 2 is 1.88 bits per heavy atom. The molecule has 0 N–H and O–H groups in total. The van der Waals surface area contributed by atoms with Crippen molar-refractivity contribution in [2.45, 2.75) is 30.6 Å². The van der Waals surface area contributed by atoms with E-state index in [4.69, 9.17) is 0 Å². The Labute approximate surface area is 183 Å². The lowest BCUT2D eigenvalue weighted by atomic mass is 9.96. The van der Waals surface area contributed by atoms with Crippen molar-refractivity contribution in [2.24, 2.45) is 14.1 Å². The van der Waals surface area contributed by atoms with Crippen LogP contribution in [0.15, 0.2) is 29.6 Å². The summed E-state index contributed by atoms with van der Waals surface area (Å²) in [5, 5.41) is 12.6. The van der Waals surface area contributed by atoms with E-state index >= 15 is 0 Å². The zero-order valence-electron chi connectivity index (χ0n) is 17.9. The molecule has 32 heavy (non-hydrogen) atoms. The SMILES string of the molecule is Cc1cc2c(cnn2C)cc1C1CN(S(=O)(=O)c2cnn(C)n2)CCN1CCC(F)(F)F. The molecular weight excluding hydrogens is 447 g/mol. The first kappa shape index (κ1) is 22.7. The summed E-state index contributed by atoms with van der Waals surface area (Å²) >= 11 is 0. The summed E-state index contributed by atoms with van der Waals surface area (Å²) in [6, 6.07) is 3.28. The first-order chi connectivity index (χ1) is 15.0. The van der Waals surface area contributed by atoms with Gasteiger partial charge in [0.1, 0.15) is 0 Å². The number of rotatable bonds is 5. The lowest BCUT2D eigenvalue weighted by molar-refractivity contribution is -0.140. The molecule has 0 bridgehead atoms. The molecule has 0 amide bonds. The average Bonchev–Trinajstić information content (AvgIpc) is 3.31. The lowest BCUT2D eigenvalue weighted by Crippen LogP contribution is -2.51. The molecule has 0 saturated carbocycles. The van der Waals surface area contributed by atoms with Gasteiger partial charge in [-0.15, -0.1) is 5.10 Å². The van der Waals surface area contributed by atoms with Crippen LogP contribution in [0.1, 0.15) is 23.6 Å². The number of alkyl halides is 3. The summed E-state index contributed by atoms with van der Waals surface area (Å²) < 4.78 is 68.1. The van der Waals surface area contributed by atoms with E-state index in [-0.39, 0.29) is 31.2 Å². The van der Waals surface area contributed by atoms with Gasteiger partial charge in [0.15, 0.2) is 0 Å². The minimum absolute atomic E-state index is 0.0172. The van der Waals surface area contributed by atoms with Crippen molar-refractivity contribution >= 4 is 20.9 Å². The van der Waals surface area contributed by atoms with Gasteiger partial charge in [0.25, 0.3) is 10.0 Å². The number of fused-ring (bicyclic) bond motifs is 1. The predicted molar refractivity (Wildman–Crippen MR) is 110 cm³/mol. The second kappa shape index (κ2) is 8.12. The Kier molecular flexibility index (Phi) is 5.75. The molecule has 1 saturated heterocycles. The summed E-state index contributed by atoms with van der Waals surface area (Å²) in [6.07, 6.45) is -2.40. The molecule has 1 aromatic carbocycles. The van der Waals surface area contributed by atoms with Gasteiger partial charge in [0, 0.05) is 51.7 Å². The molecule has 4 rings (SSSR count). The quantitative estimate of drug-likeness (QED) is 0.566. The molecule has 1 atom stereocenters. The van der Waals surface area contributed by atoms with Crippen LogP contribution >= 0.6 is 0 Å². The van der Waals surface area contributed by atoms with Crippen molar-refractivity contribution < 1.29 is 21.6 Å². The van der Waals surface area contributed by atoms with Crippen LogP contribution in [0, 0.1) is 6.92 Å². The van der Waals surface area contributed by atoms with Crippen LogP contribution in [-0.2, 0) is 24.1 Å². The van der Waals surface area contributed by atoms with Crippen LogP contribution in [0.25, 0.3) is 10.9 Å². The molecule has 1 unspecified atom stereocenters. The molecular formula is C19H24F3N7O2S. The highest BCUT2D eigenvalue weighted by Crippen LogP contribution is 2.34. The maximum absolute atomic E-state index is 13.1. The van der Waals surface area contributed by atoms with E-state index in [9.17, 15) is 21.6 Å². The number of aromatic nitrogens is 5. The molecule has 1 aliphatic rings. The van der Waals surface area contributed by atoms with E-state index in [1.165, 1.54) is 17.5 Å². The molecule has 3 aromatic rings. The Balaban J connectivity index is 1.70. The number of piperazine rings is 1. The summed E-state index contributed by atoms with van der Waals surface area (Å²) in [5.74, 6) is 0. The fraction of sp³-hybridized carbons (Fsp3) is 0.526. The summed E-state index contributed by atoms with van der Waals surface area (Å²) in [6.45, 7) is 1.92. The number of sulfonamides is 1. The molecule has 3 heterocycles. The van der Waals surface area contributed by atoms with Crippen LogP contribution in [-0.4, -0.2) is 74.8 Å².